The maximum absolute atomic E-state index is 8.74. The van der Waals surface area contributed by atoms with Crippen molar-refractivity contribution in [3.05, 3.63) is 29.8 Å². The average molecular weight is 298 g/mol. The second-order valence-corrected chi connectivity index (χ2v) is 6.56. The smallest absolute Gasteiger partial charge is 0.0669 e. The van der Waals surface area contributed by atoms with E-state index in [-0.39, 0.29) is 0 Å². The molecule has 0 radical (unpaired) electrons. The van der Waals surface area contributed by atoms with Gasteiger partial charge in [-0.2, -0.15) is 5.26 Å². The number of piperidine rings is 1. The molecule has 0 aromatic heterocycles. The first-order valence-electron chi connectivity index (χ1n) is 8.39. The van der Waals surface area contributed by atoms with E-state index >= 15 is 0 Å². The summed E-state index contributed by atoms with van der Waals surface area (Å²) in [6, 6.07) is 11.5. The molecule has 1 aromatic carbocycles. The molecule has 2 aliphatic heterocycles. The van der Waals surface area contributed by atoms with Crippen LogP contribution in [-0.2, 0) is 6.42 Å². The number of anilines is 1. The zero-order chi connectivity index (χ0) is 15.4. The maximum atomic E-state index is 8.74. The Morgan fingerprint density at radius 1 is 1.00 bits per heavy atom. The van der Waals surface area contributed by atoms with Crippen molar-refractivity contribution in [3.8, 4) is 6.07 Å². The molecule has 0 aliphatic carbocycles. The fourth-order valence-corrected chi connectivity index (χ4v) is 3.62. The van der Waals surface area contributed by atoms with Gasteiger partial charge in [0.2, 0.25) is 0 Å². The predicted octanol–water partition coefficient (Wildman–Crippen LogP) is 1.97. The van der Waals surface area contributed by atoms with Crippen molar-refractivity contribution in [2.75, 3.05) is 51.2 Å². The van der Waals surface area contributed by atoms with Gasteiger partial charge in [-0.15, -0.1) is 0 Å². The van der Waals surface area contributed by atoms with Gasteiger partial charge in [0.1, 0.15) is 0 Å². The minimum absolute atomic E-state index is 0.504. The molecule has 118 valence electrons. The predicted molar refractivity (Wildman–Crippen MR) is 90.1 cm³/mol. The van der Waals surface area contributed by atoms with Crippen LogP contribution in [0.4, 0.5) is 5.69 Å². The van der Waals surface area contributed by atoms with Gasteiger partial charge >= 0.3 is 0 Å². The highest BCUT2D eigenvalue weighted by atomic mass is 15.3. The van der Waals surface area contributed by atoms with E-state index in [4.69, 9.17) is 5.26 Å². The van der Waals surface area contributed by atoms with E-state index in [2.05, 4.69) is 52.1 Å². The molecule has 0 bridgehead atoms. The van der Waals surface area contributed by atoms with E-state index in [0.29, 0.717) is 6.42 Å². The van der Waals surface area contributed by atoms with Gasteiger partial charge in [-0.05, 0) is 50.7 Å². The van der Waals surface area contributed by atoms with Gasteiger partial charge in [0.25, 0.3) is 0 Å². The Balaban J connectivity index is 1.52. The van der Waals surface area contributed by atoms with Gasteiger partial charge in [-0.3, -0.25) is 4.90 Å². The van der Waals surface area contributed by atoms with E-state index in [1.54, 1.807) is 0 Å². The van der Waals surface area contributed by atoms with Crippen LogP contribution in [0.2, 0.25) is 0 Å². The molecule has 1 aromatic rings. The Morgan fingerprint density at radius 3 is 2.23 bits per heavy atom. The Labute approximate surface area is 133 Å². The van der Waals surface area contributed by atoms with Gasteiger partial charge < -0.3 is 9.80 Å². The number of hydrogen-bond donors (Lipinski definition) is 0. The SMILES string of the molecule is CN1CCC(N2CCN(c3ccc(CC#N)cc3)CC2)CC1. The van der Waals surface area contributed by atoms with Crippen molar-refractivity contribution in [1.29, 1.82) is 5.26 Å². The quantitative estimate of drug-likeness (QED) is 0.854. The minimum Gasteiger partial charge on any atom is -0.369 e. The summed E-state index contributed by atoms with van der Waals surface area (Å²) in [6.07, 6.45) is 3.14. The van der Waals surface area contributed by atoms with Gasteiger partial charge in [-0.1, -0.05) is 12.1 Å². The molecule has 22 heavy (non-hydrogen) atoms. The fourth-order valence-electron chi connectivity index (χ4n) is 3.62. The molecular weight excluding hydrogens is 272 g/mol. The summed E-state index contributed by atoms with van der Waals surface area (Å²) in [5.74, 6) is 0. The summed E-state index contributed by atoms with van der Waals surface area (Å²) in [4.78, 5) is 7.60. The molecule has 0 amide bonds. The summed E-state index contributed by atoms with van der Waals surface area (Å²) in [7, 11) is 2.23. The molecule has 2 fully saturated rings. The highest BCUT2D eigenvalue weighted by Crippen LogP contribution is 2.21. The van der Waals surface area contributed by atoms with Crippen LogP contribution in [0.15, 0.2) is 24.3 Å². The second kappa shape index (κ2) is 7.13. The topological polar surface area (TPSA) is 33.5 Å². The fraction of sp³-hybridized carbons (Fsp3) is 0.611. The lowest BCUT2D eigenvalue weighted by atomic mass is 10.0. The monoisotopic (exact) mass is 298 g/mol. The third kappa shape index (κ3) is 3.60. The van der Waals surface area contributed by atoms with Crippen molar-refractivity contribution in [2.24, 2.45) is 0 Å². The highest BCUT2D eigenvalue weighted by Gasteiger charge is 2.26. The lowest BCUT2D eigenvalue weighted by molar-refractivity contribution is 0.115. The number of nitrogens with zero attached hydrogens (tertiary/aromatic N) is 4. The van der Waals surface area contributed by atoms with Crippen LogP contribution in [0.3, 0.4) is 0 Å². The van der Waals surface area contributed by atoms with Crippen LogP contribution in [-0.4, -0.2) is 62.2 Å². The zero-order valence-corrected chi connectivity index (χ0v) is 13.5. The summed E-state index contributed by atoms with van der Waals surface area (Å²) in [5, 5.41) is 8.74. The van der Waals surface area contributed by atoms with E-state index in [9.17, 15) is 0 Å². The molecule has 0 saturated carbocycles. The number of benzene rings is 1. The summed E-state index contributed by atoms with van der Waals surface area (Å²) < 4.78 is 0. The summed E-state index contributed by atoms with van der Waals surface area (Å²) >= 11 is 0. The van der Waals surface area contributed by atoms with Crippen molar-refractivity contribution in [1.82, 2.24) is 9.80 Å². The van der Waals surface area contributed by atoms with Crippen molar-refractivity contribution >= 4 is 5.69 Å². The first kappa shape index (κ1) is 15.3. The molecule has 0 atom stereocenters. The molecule has 4 nitrogen and oxygen atoms in total. The molecule has 2 saturated heterocycles. The Bertz CT molecular complexity index is 503. The van der Waals surface area contributed by atoms with E-state index in [1.165, 1.54) is 44.7 Å². The number of rotatable bonds is 3. The van der Waals surface area contributed by atoms with Crippen molar-refractivity contribution in [2.45, 2.75) is 25.3 Å². The second-order valence-electron chi connectivity index (χ2n) is 6.56. The number of hydrogen-bond acceptors (Lipinski definition) is 4. The molecule has 0 N–H and O–H groups in total. The zero-order valence-electron chi connectivity index (χ0n) is 13.5. The van der Waals surface area contributed by atoms with Crippen LogP contribution in [0, 0.1) is 11.3 Å². The summed E-state index contributed by atoms with van der Waals surface area (Å²) in [5.41, 5.74) is 2.40. The van der Waals surface area contributed by atoms with E-state index in [0.717, 1.165) is 24.7 Å². The highest BCUT2D eigenvalue weighted by molar-refractivity contribution is 5.48. The molecule has 2 heterocycles. The standard InChI is InChI=1S/C18H26N4/c1-20-10-7-18(8-11-20)22-14-12-21(13-15-22)17-4-2-16(3-5-17)6-9-19/h2-5,18H,6-8,10-15H2,1H3. The van der Waals surface area contributed by atoms with Crippen LogP contribution in [0.1, 0.15) is 18.4 Å². The molecule has 3 rings (SSSR count). The first-order valence-corrected chi connectivity index (χ1v) is 8.39. The van der Waals surface area contributed by atoms with E-state index < -0.39 is 0 Å². The molecule has 2 aliphatic rings. The van der Waals surface area contributed by atoms with Gasteiger partial charge in [0, 0.05) is 37.9 Å². The Kier molecular flexibility index (Phi) is 4.97. The number of likely N-dealkylation sites (tertiary alicyclic amines) is 1. The van der Waals surface area contributed by atoms with Crippen LogP contribution in [0.25, 0.3) is 0 Å². The Morgan fingerprint density at radius 2 is 1.64 bits per heavy atom. The molecule has 0 unspecified atom stereocenters. The Hall–Kier alpha value is -1.57. The van der Waals surface area contributed by atoms with E-state index in [1.807, 2.05) is 0 Å². The van der Waals surface area contributed by atoms with Crippen molar-refractivity contribution < 1.29 is 0 Å². The number of piperazine rings is 1. The summed E-state index contributed by atoms with van der Waals surface area (Å²) in [6.45, 7) is 7.06. The lowest BCUT2D eigenvalue weighted by Gasteiger charge is -2.42. The molecule has 4 heteroatoms. The van der Waals surface area contributed by atoms with Crippen LogP contribution in [0.5, 0.6) is 0 Å². The van der Waals surface area contributed by atoms with Crippen LogP contribution >= 0.6 is 0 Å². The van der Waals surface area contributed by atoms with Crippen LogP contribution < -0.4 is 4.90 Å². The lowest BCUT2D eigenvalue weighted by Crippen LogP contribution is -2.53. The normalized spacial score (nSPS) is 21.7. The molecular formula is C18H26N4. The first-order chi connectivity index (χ1) is 10.8. The van der Waals surface area contributed by atoms with Gasteiger partial charge in [0.05, 0.1) is 12.5 Å². The average Bonchev–Trinajstić information content (AvgIpc) is 2.57. The minimum atomic E-state index is 0.504. The van der Waals surface area contributed by atoms with Gasteiger partial charge in [-0.25, -0.2) is 0 Å². The van der Waals surface area contributed by atoms with Crippen molar-refractivity contribution in [3.63, 3.8) is 0 Å². The van der Waals surface area contributed by atoms with Gasteiger partial charge in [0.15, 0.2) is 0 Å². The largest absolute Gasteiger partial charge is 0.369 e. The third-order valence-electron chi connectivity index (χ3n) is 5.10. The third-order valence-corrected chi connectivity index (χ3v) is 5.10. The molecule has 0 spiro atoms. The number of nitriles is 1. The maximum Gasteiger partial charge on any atom is 0.0669 e.